The first-order valence-corrected chi connectivity index (χ1v) is 6.15. The number of thiazole rings is 1. The van der Waals surface area contributed by atoms with Crippen molar-refractivity contribution in [3.63, 3.8) is 0 Å². The number of benzene rings is 1. The van der Waals surface area contributed by atoms with Gasteiger partial charge in [-0.05, 0) is 30.5 Å². The van der Waals surface area contributed by atoms with Crippen molar-refractivity contribution in [3.05, 3.63) is 55.1 Å². The lowest BCUT2D eigenvalue weighted by Crippen LogP contribution is -1.82. The van der Waals surface area contributed by atoms with Crippen molar-refractivity contribution in [2.24, 2.45) is 0 Å². The van der Waals surface area contributed by atoms with Crippen molar-refractivity contribution in [2.45, 2.75) is 6.92 Å². The van der Waals surface area contributed by atoms with Crippen LogP contribution in [-0.2, 0) is 0 Å². The average molecular weight is 289 g/mol. The van der Waals surface area contributed by atoms with E-state index in [0.717, 1.165) is 11.3 Å². The Labute approximate surface area is 112 Å². The third-order valence-corrected chi connectivity index (χ3v) is 3.27. The summed E-state index contributed by atoms with van der Waals surface area (Å²) in [6.45, 7) is 2.08. The van der Waals surface area contributed by atoms with E-state index in [1.54, 1.807) is 0 Å². The minimum absolute atomic E-state index is 0.000000000000000222. The molecule has 0 aliphatic heterocycles. The second kappa shape index (κ2) is 6.48. The lowest BCUT2D eigenvalue weighted by Gasteiger charge is -1.82. The number of aromatic nitrogens is 1. The first-order chi connectivity index (χ1) is 8.00. The highest BCUT2D eigenvalue weighted by Gasteiger charge is 2.14. The fourth-order valence-corrected chi connectivity index (χ4v) is 2.23. The van der Waals surface area contributed by atoms with Crippen LogP contribution >= 0.6 is 35.2 Å². The molecule has 0 saturated heterocycles. The smallest absolute Gasteiger partial charge is 0.322 e. The molecule has 1 aromatic carbocycles. The van der Waals surface area contributed by atoms with Crippen LogP contribution in [0.1, 0.15) is 5.56 Å². The molecule has 0 bridgehead atoms. The molecular formula is C10H9ClN2O2S2. The van der Waals surface area contributed by atoms with E-state index in [2.05, 4.69) is 36.3 Å². The summed E-state index contributed by atoms with van der Waals surface area (Å²) in [5.74, 6) is 0. The van der Waals surface area contributed by atoms with Crippen molar-refractivity contribution in [3.8, 4) is 0 Å². The van der Waals surface area contributed by atoms with E-state index in [-0.39, 0.29) is 10.2 Å². The van der Waals surface area contributed by atoms with Crippen molar-refractivity contribution >= 4 is 40.2 Å². The van der Waals surface area contributed by atoms with Gasteiger partial charge in [-0.3, -0.25) is 10.1 Å². The molecule has 17 heavy (non-hydrogen) atoms. The van der Waals surface area contributed by atoms with E-state index in [4.69, 9.17) is 11.6 Å². The quantitative estimate of drug-likeness (QED) is 0.482. The maximum atomic E-state index is 10.1. The van der Waals surface area contributed by atoms with Gasteiger partial charge in [0.1, 0.15) is 0 Å². The standard InChI is InChI=1S/C7H8.C3HClN2O2S2/c1-7-5-3-2-4-6-7;4-1-2(6(7)8)10-3(9)5-1/h2-6H,1H3;(H,5,9). The number of H-pyrrole nitrogens is 1. The Bertz CT molecular complexity index is 551. The van der Waals surface area contributed by atoms with Crippen molar-refractivity contribution in [1.29, 1.82) is 0 Å². The van der Waals surface area contributed by atoms with E-state index < -0.39 is 4.92 Å². The van der Waals surface area contributed by atoms with Gasteiger partial charge >= 0.3 is 5.00 Å². The maximum absolute atomic E-state index is 10.1. The molecule has 1 aromatic heterocycles. The monoisotopic (exact) mass is 288 g/mol. The summed E-state index contributed by atoms with van der Waals surface area (Å²) in [5, 5.41) is 9.97. The Morgan fingerprint density at radius 1 is 1.41 bits per heavy atom. The van der Waals surface area contributed by atoms with Crippen molar-refractivity contribution in [1.82, 2.24) is 4.98 Å². The summed E-state index contributed by atoms with van der Waals surface area (Å²) in [5.41, 5.74) is 1.32. The van der Waals surface area contributed by atoms with E-state index >= 15 is 0 Å². The number of rotatable bonds is 1. The number of nitro groups is 1. The number of hydrogen-bond acceptors (Lipinski definition) is 4. The normalized spacial score (nSPS) is 9.29. The van der Waals surface area contributed by atoms with Gasteiger partial charge in [-0.2, -0.15) is 0 Å². The van der Waals surface area contributed by atoms with Gasteiger partial charge in [0.25, 0.3) is 0 Å². The zero-order valence-corrected chi connectivity index (χ0v) is 11.2. The number of halogens is 1. The number of hydrogen-bond donors (Lipinski definition) is 1. The highest BCUT2D eigenvalue weighted by Crippen LogP contribution is 2.27. The predicted octanol–water partition coefficient (Wildman–Crippen LogP) is 4.36. The Morgan fingerprint density at radius 3 is 2.24 bits per heavy atom. The highest BCUT2D eigenvalue weighted by atomic mass is 35.5. The molecule has 0 amide bonds. The summed E-state index contributed by atoms with van der Waals surface area (Å²) < 4.78 is 0.316. The number of nitrogens with one attached hydrogen (secondary N) is 1. The van der Waals surface area contributed by atoms with Gasteiger partial charge < -0.3 is 4.98 Å². The minimum Gasteiger partial charge on any atom is -0.322 e. The second-order valence-electron chi connectivity index (χ2n) is 3.05. The molecule has 4 nitrogen and oxygen atoms in total. The van der Waals surface area contributed by atoms with Crippen LogP contribution < -0.4 is 0 Å². The van der Waals surface area contributed by atoms with Crippen LogP contribution in [0.25, 0.3) is 0 Å². The van der Waals surface area contributed by atoms with Crippen molar-refractivity contribution < 1.29 is 4.92 Å². The van der Waals surface area contributed by atoms with Gasteiger partial charge in [0.05, 0.1) is 4.92 Å². The predicted molar refractivity (Wildman–Crippen MR) is 72.3 cm³/mol. The number of aryl methyl sites for hydroxylation is 1. The first kappa shape index (κ1) is 13.8. The summed E-state index contributed by atoms with van der Waals surface area (Å²) in [7, 11) is 0. The zero-order valence-electron chi connectivity index (χ0n) is 8.84. The summed E-state index contributed by atoms with van der Waals surface area (Å²) >= 11 is 10.9. The van der Waals surface area contributed by atoms with Gasteiger partial charge in [0.15, 0.2) is 9.11 Å². The first-order valence-electron chi connectivity index (χ1n) is 4.55. The van der Waals surface area contributed by atoms with Crippen molar-refractivity contribution in [2.75, 3.05) is 0 Å². The molecule has 1 heterocycles. The van der Waals surface area contributed by atoms with Crippen LogP contribution in [0.5, 0.6) is 0 Å². The van der Waals surface area contributed by atoms with Crippen LogP contribution in [0.4, 0.5) is 5.00 Å². The molecule has 0 aliphatic rings. The van der Waals surface area contributed by atoms with Gasteiger partial charge in [0.2, 0.25) is 0 Å². The van der Waals surface area contributed by atoms with Crippen LogP contribution in [0.3, 0.4) is 0 Å². The Hall–Kier alpha value is -1.24. The zero-order chi connectivity index (χ0) is 12.8. The van der Waals surface area contributed by atoms with E-state index in [9.17, 15) is 10.1 Å². The number of nitrogens with zero attached hydrogens (tertiary/aromatic N) is 1. The Morgan fingerprint density at radius 2 is 2.00 bits per heavy atom. The van der Waals surface area contributed by atoms with E-state index in [1.807, 2.05) is 18.2 Å². The van der Waals surface area contributed by atoms with Gasteiger partial charge in [-0.1, -0.05) is 47.5 Å². The van der Waals surface area contributed by atoms with Crippen LogP contribution in [0, 0.1) is 21.0 Å². The summed E-state index contributed by atoms with van der Waals surface area (Å²) in [6.07, 6.45) is 0. The fraction of sp³-hybridized carbons (Fsp3) is 0.100. The molecule has 0 spiro atoms. The third-order valence-electron chi connectivity index (χ3n) is 1.70. The molecule has 1 N–H and O–H groups in total. The molecule has 0 radical (unpaired) electrons. The highest BCUT2D eigenvalue weighted by molar-refractivity contribution is 7.73. The second-order valence-corrected chi connectivity index (χ2v) is 5.09. The molecule has 0 saturated carbocycles. The summed E-state index contributed by atoms with van der Waals surface area (Å²) in [4.78, 5) is 12.0. The van der Waals surface area contributed by atoms with Gasteiger partial charge in [-0.25, -0.2) is 0 Å². The molecule has 2 aromatic rings. The molecular weight excluding hydrogens is 280 g/mol. The van der Waals surface area contributed by atoms with Gasteiger partial charge in [0, 0.05) is 0 Å². The molecule has 0 fully saturated rings. The molecule has 0 unspecified atom stereocenters. The van der Waals surface area contributed by atoms with Crippen LogP contribution in [-0.4, -0.2) is 9.91 Å². The van der Waals surface area contributed by atoms with E-state index in [1.165, 1.54) is 5.56 Å². The van der Waals surface area contributed by atoms with Crippen LogP contribution in [0.2, 0.25) is 5.15 Å². The molecule has 2 rings (SSSR count). The maximum Gasteiger partial charge on any atom is 0.361 e. The third kappa shape index (κ3) is 4.64. The number of aromatic amines is 1. The SMILES string of the molecule is Cc1ccccc1.O=[N+]([O-])c1sc(=S)[nH]c1Cl. The van der Waals surface area contributed by atoms with E-state index in [0.29, 0.717) is 3.95 Å². The molecule has 0 aliphatic carbocycles. The topological polar surface area (TPSA) is 58.9 Å². The minimum atomic E-state index is -0.570. The van der Waals surface area contributed by atoms with Gasteiger partial charge in [-0.15, -0.1) is 0 Å². The average Bonchev–Trinajstić information content (AvgIpc) is 2.60. The molecule has 0 atom stereocenters. The lowest BCUT2D eigenvalue weighted by molar-refractivity contribution is -0.380. The van der Waals surface area contributed by atoms with Crippen LogP contribution in [0.15, 0.2) is 30.3 Å². The fourth-order valence-electron chi connectivity index (χ4n) is 0.953. The Kier molecular flexibility index (Phi) is 5.27. The largest absolute Gasteiger partial charge is 0.361 e. The molecule has 90 valence electrons. The Balaban J connectivity index is 0.000000181. The lowest BCUT2D eigenvalue weighted by atomic mass is 10.2. The molecule has 7 heteroatoms. The summed E-state index contributed by atoms with van der Waals surface area (Å²) in [6, 6.07) is 10.3.